The Bertz CT molecular complexity index is 352. The number of esters is 1. The molecule has 15 heavy (non-hydrogen) atoms. The number of carbonyl (C=O) groups excluding carboxylic acids is 1. The lowest BCUT2D eigenvalue weighted by atomic mass is 10.2. The highest BCUT2D eigenvalue weighted by Gasteiger charge is 2.08. The summed E-state index contributed by atoms with van der Waals surface area (Å²) >= 11 is 0. The molecule has 0 aliphatic carbocycles. The summed E-state index contributed by atoms with van der Waals surface area (Å²) in [6, 6.07) is 8.96. The van der Waals surface area contributed by atoms with E-state index in [1.807, 2.05) is 18.2 Å². The highest BCUT2D eigenvalue weighted by Crippen LogP contribution is 2.12. The lowest BCUT2D eigenvalue weighted by Crippen LogP contribution is -2.10. The molecule has 0 N–H and O–H groups in total. The van der Waals surface area contributed by atoms with E-state index in [-0.39, 0.29) is 5.97 Å². The van der Waals surface area contributed by atoms with Gasteiger partial charge in [0, 0.05) is 5.57 Å². The Hall–Kier alpha value is -1.83. The summed E-state index contributed by atoms with van der Waals surface area (Å²) in [5.41, 5.74) is 0.471. The molecule has 2 heteroatoms. The summed E-state index contributed by atoms with van der Waals surface area (Å²) < 4.78 is 5.10. The third-order valence-corrected chi connectivity index (χ3v) is 1.89. The van der Waals surface area contributed by atoms with E-state index in [9.17, 15) is 4.79 Å². The largest absolute Gasteiger partial charge is 0.423 e. The zero-order valence-electron chi connectivity index (χ0n) is 8.61. The van der Waals surface area contributed by atoms with E-state index >= 15 is 0 Å². The van der Waals surface area contributed by atoms with Gasteiger partial charge < -0.3 is 4.74 Å². The zero-order chi connectivity index (χ0) is 11.1. The number of ether oxygens (including phenoxy) is 1. The van der Waals surface area contributed by atoms with Crippen LogP contribution in [0.2, 0.25) is 0 Å². The quantitative estimate of drug-likeness (QED) is 0.317. The van der Waals surface area contributed by atoms with Crippen molar-refractivity contribution in [3.05, 3.63) is 55.1 Å². The van der Waals surface area contributed by atoms with Gasteiger partial charge in [-0.3, -0.25) is 0 Å². The number of carbonyl (C=O) groups is 1. The van der Waals surface area contributed by atoms with Gasteiger partial charge in [0.15, 0.2) is 0 Å². The molecule has 0 saturated carbocycles. The summed E-state index contributed by atoms with van der Waals surface area (Å²) in [4.78, 5) is 11.5. The van der Waals surface area contributed by atoms with Crippen molar-refractivity contribution in [2.24, 2.45) is 0 Å². The van der Waals surface area contributed by atoms with Gasteiger partial charge in [-0.2, -0.15) is 0 Å². The summed E-state index contributed by atoms with van der Waals surface area (Å²) in [7, 11) is 0. The molecule has 0 saturated heterocycles. The molecule has 0 fully saturated rings. The van der Waals surface area contributed by atoms with Gasteiger partial charge in [-0.05, 0) is 25.0 Å². The summed E-state index contributed by atoms with van der Waals surface area (Å²) in [6.45, 7) is 7.25. The Morgan fingerprint density at radius 2 is 2.00 bits per heavy atom. The maximum atomic E-state index is 11.5. The van der Waals surface area contributed by atoms with Crippen LogP contribution in [0.15, 0.2) is 55.1 Å². The van der Waals surface area contributed by atoms with Crippen LogP contribution in [0.4, 0.5) is 0 Å². The first-order valence-corrected chi connectivity index (χ1v) is 4.80. The van der Waals surface area contributed by atoms with E-state index in [1.165, 1.54) is 0 Å². The molecular formula is C13H14O2. The van der Waals surface area contributed by atoms with Gasteiger partial charge in [0.05, 0.1) is 0 Å². The third-order valence-electron chi connectivity index (χ3n) is 1.89. The van der Waals surface area contributed by atoms with Crippen molar-refractivity contribution in [2.45, 2.75) is 12.8 Å². The number of benzene rings is 1. The molecule has 78 valence electrons. The van der Waals surface area contributed by atoms with Gasteiger partial charge in [-0.1, -0.05) is 30.9 Å². The van der Waals surface area contributed by atoms with E-state index in [0.717, 1.165) is 6.42 Å². The molecule has 0 aliphatic rings. The summed E-state index contributed by atoms with van der Waals surface area (Å²) in [5, 5.41) is 0. The lowest BCUT2D eigenvalue weighted by Gasteiger charge is -2.05. The van der Waals surface area contributed by atoms with E-state index in [4.69, 9.17) is 4.74 Å². The Labute approximate surface area is 89.9 Å². The second kappa shape index (κ2) is 5.81. The van der Waals surface area contributed by atoms with Crippen LogP contribution in [0.3, 0.4) is 0 Å². The van der Waals surface area contributed by atoms with E-state index in [1.54, 1.807) is 18.2 Å². The number of rotatable bonds is 5. The second-order valence-corrected chi connectivity index (χ2v) is 3.13. The van der Waals surface area contributed by atoms with Gasteiger partial charge in [0.2, 0.25) is 0 Å². The van der Waals surface area contributed by atoms with Crippen molar-refractivity contribution < 1.29 is 9.53 Å². The van der Waals surface area contributed by atoms with Gasteiger partial charge in [-0.25, -0.2) is 4.79 Å². The first kappa shape index (κ1) is 11.2. The van der Waals surface area contributed by atoms with Crippen molar-refractivity contribution in [1.29, 1.82) is 0 Å². The highest BCUT2D eigenvalue weighted by molar-refractivity contribution is 5.89. The minimum absolute atomic E-state index is 0.372. The van der Waals surface area contributed by atoms with Crippen LogP contribution < -0.4 is 4.74 Å². The minimum Gasteiger partial charge on any atom is -0.423 e. The Morgan fingerprint density at radius 3 is 2.60 bits per heavy atom. The monoisotopic (exact) mass is 202 g/mol. The third kappa shape index (κ3) is 3.81. The van der Waals surface area contributed by atoms with Crippen LogP contribution in [0, 0.1) is 0 Å². The van der Waals surface area contributed by atoms with Crippen LogP contribution in [-0.2, 0) is 4.79 Å². The normalized spacial score (nSPS) is 9.33. The molecule has 1 rings (SSSR count). The van der Waals surface area contributed by atoms with E-state index < -0.39 is 0 Å². The summed E-state index contributed by atoms with van der Waals surface area (Å²) in [5.74, 6) is 0.172. The van der Waals surface area contributed by atoms with Crippen LogP contribution in [0.25, 0.3) is 0 Å². The first-order valence-electron chi connectivity index (χ1n) is 4.80. The predicted octanol–water partition coefficient (Wildman–Crippen LogP) is 3.11. The molecule has 0 bridgehead atoms. The molecule has 2 nitrogen and oxygen atoms in total. The molecule has 0 aromatic heterocycles. The zero-order valence-corrected chi connectivity index (χ0v) is 8.61. The topological polar surface area (TPSA) is 26.3 Å². The van der Waals surface area contributed by atoms with E-state index in [2.05, 4.69) is 13.2 Å². The lowest BCUT2D eigenvalue weighted by molar-refractivity contribution is -0.130. The fraction of sp³-hybridized carbons (Fsp3) is 0.154. The smallest absolute Gasteiger partial charge is 0.338 e. The average Bonchev–Trinajstić information content (AvgIpc) is 2.27. The number of hydrogen-bond acceptors (Lipinski definition) is 2. The Morgan fingerprint density at radius 1 is 1.33 bits per heavy atom. The Balaban J connectivity index is 2.49. The maximum absolute atomic E-state index is 11.5. The van der Waals surface area contributed by atoms with Crippen molar-refractivity contribution in [1.82, 2.24) is 0 Å². The summed E-state index contributed by atoms with van der Waals surface area (Å²) in [6.07, 6.45) is 3.08. The van der Waals surface area contributed by atoms with Crippen molar-refractivity contribution in [3.8, 4) is 5.75 Å². The highest BCUT2D eigenvalue weighted by atomic mass is 16.5. The van der Waals surface area contributed by atoms with Gasteiger partial charge >= 0.3 is 5.97 Å². The number of para-hydroxylation sites is 1. The van der Waals surface area contributed by atoms with Crippen molar-refractivity contribution in [3.63, 3.8) is 0 Å². The SMILES string of the molecule is C=CCCC(=C)C(=O)Oc1ccccc1. The molecular weight excluding hydrogens is 188 g/mol. The molecule has 0 unspecified atom stereocenters. The fourth-order valence-electron chi connectivity index (χ4n) is 1.05. The standard InChI is InChI=1S/C13H14O2/c1-3-4-8-11(2)13(14)15-12-9-6-5-7-10-12/h3,5-7,9-10H,1-2,4,8H2. The van der Waals surface area contributed by atoms with E-state index in [0.29, 0.717) is 17.7 Å². The predicted molar refractivity (Wildman–Crippen MR) is 60.6 cm³/mol. The molecule has 0 atom stereocenters. The molecule has 0 aliphatic heterocycles. The second-order valence-electron chi connectivity index (χ2n) is 3.13. The first-order chi connectivity index (χ1) is 7.24. The fourth-order valence-corrected chi connectivity index (χ4v) is 1.05. The average molecular weight is 202 g/mol. The molecule has 0 radical (unpaired) electrons. The molecule has 0 heterocycles. The number of allylic oxidation sites excluding steroid dienone is 1. The van der Waals surface area contributed by atoms with Crippen LogP contribution in [-0.4, -0.2) is 5.97 Å². The van der Waals surface area contributed by atoms with Gasteiger partial charge in [0.25, 0.3) is 0 Å². The number of hydrogen-bond donors (Lipinski definition) is 0. The molecule has 0 amide bonds. The molecule has 1 aromatic carbocycles. The van der Waals surface area contributed by atoms with Gasteiger partial charge in [-0.15, -0.1) is 6.58 Å². The minimum atomic E-state index is -0.372. The van der Waals surface area contributed by atoms with Crippen molar-refractivity contribution >= 4 is 5.97 Å². The van der Waals surface area contributed by atoms with Crippen LogP contribution >= 0.6 is 0 Å². The van der Waals surface area contributed by atoms with Gasteiger partial charge in [0.1, 0.15) is 5.75 Å². The Kier molecular flexibility index (Phi) is 4.35. The molecule has 0 spiro atoms. The molecule has 1 aromatic rings. The van der Waals surface area contributed by atoms with Crippen LogP contribution in [0.5, 0.6) is 5.75 Å². The van der Waals surface area contributed by atoms with Crippen molar-refractivity contribution in [2.75, 3.05) is 0 Å². The van der Waals surface area contributed by atoms with Crippen LogP contribution in [0.1, 0.15) is 12.8 Å². The maximum Gasteiger partial charge on any atom is 0.338 e.